The predicted octanol–water partition coefficient (Wildman–Crippen LogP) is 3.70. The number of rotatable bonds is 10. The molecule has 3 aliphatic heterocycles. The summed E-state index contributed by atoms with van der Waals surface area (Å²) in [4.78, 5) is 27.6. The number of fused-ring (bicyclic) bond motifs is 3. The third kappa shape index (κ3) is 4.16. The minimum atomic E-state index is -2.41. The van der Waals surface area contributed by atoms with Crippen molar-refractivity contribution in [2.24, 2.45) is 17.8 Å². The Kier molecular flexibility index (Phi) is 7.65. The number of epoxide rings is 1. The van der Waals surface area contributed by atoms with Crippen LogP contribution in [0.25, 0.3) is 0 Å². The number of carbonyl (C=O) groups excluding carboxylic acids is 2. The standard InChI is InChI=1S/C37H44O10/c1-6-7-8-9-10-11-15-18-34-45-30-26-29-33(20-38,44-29)32(41)35(42)25(19-22(4)27(35)39)37(26,47-34)23(5)28(36(30,46-34)21(2)3)43-31(40)24-16-13-12-14-17-24/h10-19,23,25-26,28-30,32,38,41-42H,2,6-9,20H2,1,3-5H3/b11-10+,18-15+/t23-,25?,26+,28-,29+,30-,32-,33+,34-,35-,36+,37+/m1/s1. The summed E-state index contributed by atoms with van der Waals surface area (Å²) >= 11 is 0. The molecular weight excluding hydrogens is 604 g/mol. The van der Waals surface area contributed by atoms with Crippen LogP contribution >= 0.6 is 0 Å². The van der Waals surface area contributed by atoms with Crippen LogP contribution in [0, 0.1) is 17.8 Å². The lowest BCUT2D eigenvalue weighted by Crippen LogP contribution is -2.76. The first-order valence-electron chi connectivity index (χ1n) is 16.7. The maximum Gasteiger partial charge on any atom is 0.338 e. The van der Waals surface area contributed by atoms with Gasteiger partial charge in [-0.15, -0.1) is 0 Å². The van der Waals surface area contributed by atoms with Crippen molar-refractivity contribution in [2.75, 3.05) is 6.61 Å². The van der Waals surface area contributed by atoms with Crippen molar-refractivity contribution in [1.82, 2.24) is 0 Å². The van der Waals surface area contributed by atoms with Crippen LogP contribution in [0.5, 0.6) is 0 Å². The van der Waals surface area contributed by atoms with Gasteiger partial charge in [0, 0.05) is 23.8 Å². The van der Waals surface area contributed by atoms with Crippen molar-refractivity contribution >= 4 is 11.8 Å². The van der Waals surface area contributed by atoms with E-state index in [1.54, 1.807) is 62.4 Å². The van der Waals surface area contributed by atoms with Gasteiger partial charge in [-0.05, 0) is 50.0 Å². The Morgan fingerprint density at radius 3 is 2.53 bits per heavy atom. The third-order valence-electron chi connectivity index (χ3n) is 11.5. The van der Waals surface area contributed by atoms with E-state index in [9.17, 15) is 24.9 Å². The summed E-state index contributed by atoms with van der Waals surface area (Å²) in [6.07, 6.45) is 8.51. The number of hydrogen-bond donors (Lipinski definition) is 3. The summed E-state index contributed by atoms with van der Waals surface area (Å²) in [6, 6.07) is 8.57. The fraction of sp³-hybridized carbons (Fsp3) is 0.568. The number of ether oxygens (including phenoxy) is 5. The van der Waals surface area contributed by atoms with E-state index in [2.05, 4.69) is 13.5 Å². The second-order valence-corrected chi connectivity index (χ2v) is 14.1. The van der Waals surface area contributed by atoms with Gasteiger partial charge >= 0.3 is 11.9 Å². The van der Waals surface area contributed by atoms with Crippen molar-refractivity contribution in [1.29, 1.82) is 0 Å². The van der Waals surface area contributed by atoms with Crippen LogP contribution < -0.4 is 0 Å². The van der Waals surface area contributed by atoms with E-state index in [-0.39, 0.29) is 5.57 Å². The minimum absolute atomic E-state index is 0.238. The van der Waals surface area contributed by atoms with Crippen LogP contribution in [-0.4, -0.2) is 86.5 Å². The molecule has 5 fully saturated rings. The highest BCUT2D eigenvalue weighted by Gasteiger charge is 2.90. The number of esters is 1. The lowest BCUT2D eigenvalue weighted by atomic mass is 9.53. The molecule has 1 aromatic rings. The minimum Gasteiger partial charge on any atom is -0.455 e. The largest absolute Gasteiger partial charge is 0.455 e. The van der Waals surface area contributed by atoms with E-state index >= 15 is 0 Å². The van der Waals surface area contributed by atoms with E-state index in [0.29, 0.717) is 11.1 Å². The first-order chi connectivity index (χ1) is 22.4. The highest BCUT2D eigenvalue weighted by molar-refractivity contribution is 6.05. The average molecular weight is 649 g/mol. The van der Waals surface area contributed by atoms with E-state index < -0.39 is 88.9 Å². The molecule has 1 unspecified atom stereocenters. The van der Waals surface area contributed by atoms with Gasteiger partial charge in [0.15, 0.2) is 17.0 Å². The summed E-state index contributed by atoms with van der Waals surface area (Å²) in [5.41, 5.74) is -6.01. The van der Waals surface area contributed by atoms with Crippen molar-refractivity contribution in [2.45, 2.75) is 106 Å². The van der Waals surface area contributed by atoms with E-state index in [1.165, 1.54) is 0 Å². The Bertz CT molecular complexity index is 1570. The molecule has 10 nitrogen and oxygen atoms in total. The molecule has 1 aromatic carbocycles. The molecular formula is C37H44O10. The highest BCUT2D eigenvalue weighted by Crippen LogP contribution is 2.73. The molecule has 3 heterocycles. The molecule has 0 radical (unpaired) electrons. The molecule has 3 saturated heterocycles. The molecule has 47 heavy (non-hydrogen) atoms. The smallest absolute Gasteiger partial charge is 0.338 e. The fourth-order valence-electron chi connectivity index (χ4n) is 9.24. The molecule has 2 saturated carbocycles. The molecule has 0 aromatic heterocycles. The second-order valence-electron chi connectivity index (χ2n) is 14.1. The van der Waals surface area contributed by atoms with Gasteiger partial charge in [-0.3, -0.25) is 4.79 Å². The van der Waals surface area contributed by atoms with Gasteiger partial charge in [0.25, 0.3) is 0 Å². The van der Waals surface area contributed by atoms with Crippen molar-refractivity contribution in [3.63, 3.8) is 0 Å². The predicted molar refractivity (Wildman–Crippen MR) is 169 cm³/mol. The third-order valence-corrected chi connectivity index (χ3v) is 11.5. The number of aliphatic hydroxyl groups is 3. The van der Waals surface area contributed by atoms with Gasteiger partial charge in [0.2, 0.25) is 0 Å². The van der Waals surface area contributed by atoms with Crippen molar-refractivity contribution < 1.29 is 48.6 Å². The number of benzene rings is 1. The zero-order chi connectivity index (χ0) is 33.6. The van der Waals surface area contributed by atoms with Gasteiger partial charge in [-0.2, -0.15) is 0 Å². The van der Waals surface area contributed by atoms with Crippen LogP contribution in [0.15, 0.2) is 78.4 Å². The van der Waals surface area contributed by atoms with Gasteiger partial charge in [-0.25, -0.2) is 4.79 Å². The molecule has 6 aliphatic rings. The Morgan fingerprint density at radius 1 is 1.11 bits per heavy atom. The Balaban J connectivity index is 1.41. The van der Waals surface area contributed by atoms with E-state index in [1.807, 2.05) is 19.1 Å². The number of Topliss-reactive ketones (excluding diaryl/α,β-unsaturated/α-hetero) is 1. The SMILES string of the molecule is C=C(C)[C@@]12O[C@@]3(/C=C/C=C/CCCCC)O[C@@H]1[C@@H]1[C@@H]4O[C@]4(CO)[C@@H](O)[C@]4(O)C(=O)C(C)=CC4[C@@]1(O3)[C@H](C)[C@H]2OC(=O)c1ccccc1. The molecule has 12 atom stereocenters. The number of carbonyl (C=O) groups is 2. The molecule has 0 spiro atoms. The molecule has 7 rings (SSSR count). The van der Waals surface area contributed by atoms with Crippen LogP contribution in [0.2, 0.25) is 0 Å². The zero-order valence-corrected chi connectivity index (χ0v) is 27.3. The van der Waals surface area contributed by atoms with Crippen molar-refractivity contribution in [3.05, 3.63) is 84.0 Å². The Hall–Kier alpha value is -2.96. The van der Waals surface area contributed by atoms with E-state index in [4.69, 9.17) is 23.7 Å². The second kappa shape index (κ2) is 11.0. The average Bonchev–Trinajstić information content (AvgIpc) is 3.69. The van der Waals surface area contributed by atoms with Gasteiger partial charge in [0.1, 0.15) is 30.0 Å². The van der Waals surface area contributed by atoms with Crippen LogP contribution in [0.1, 0.15) is 63.7 Å². The van der Waals surface area contributed by atoms with Crippen LogP contribution in [0.4, 0.5) is 0 Å². The quantitative estimate of drug-likeness (QED) is 0.113. The normalized spacial score (nSPS) is 45.8. The number of allylic oxidation sites excluding steroid dienone is 3. The number of hydrogen-bond acceptors (Lipinski definition) is 10. The number of aliphatic hydroxyl groups excluding tert-OH is 2. The zero-order valence-electron chi connectivity index (χ0n) is 27.3. The van der Waals surface area contributed by atoms with E-state index in [0.717, 1.165) is 25.7 Å². The maximum absolute atomic E-state index is 13.8. The first kappa shape index (κ1) is 32.6. The summed E-state index contributed by atoms with van der Waals surface area (Å²) in [5.74, 6) is -5.81. The molecule has 3 N–H and O–H groups in total. The molecule has 0 amide bonds. The topological polar surface area (TPSA) is 144 Å². The van der Waals surface area contributed by atoms with Crippen LogP contribution in [-0.2, 0) is 28.5 Å². The summed E-state index contributed by atoms with van der Waals surface area (Å²) in [7, 11) is 0. The fourth-order valence-corrected chi connectivity index (χ4v) is 9.24. The van der Waals surface area contributed by atoms with Gasteiger partial charge in [0.05, 0.1) is 17.8 Å². The summed E-state index contributed by atoms with van der Waals surface area (Å²) < 4.78 is 33.2. The summed E-state index contributed by atoms with van der Waals surface area (Å²) in [6.45, 7) is 11.0. The molecule has 10 heteroatoms. The lowest BCUT2D eigenvalue weighted by molar-refractivity contribution is -0.407. The molecule has 252 valence electrons. The Labute approximate surface area is 274 Å². The van der Waals surface area contributed by atoms with Gasteiger partial charge < -0.3 is 39.0 Å². The number of ketones is 1. The lowest BCUT2D eigenvalue weighted by Gasteiger charge is -2.61. The monoisotopic (exact) mass is 648 g/mol. The summed E-state index contributed by atoms with van der Waals surface area (Å²) in [5, 5.41) is 34.9. The van der Waals surface area contributed by atoms with Crippen LogP contribution in [0.3, 0.4) is 0 Å². The first-order valence-corrected chi connectivity index (χ1v) is 16.7. The highest BCUT2D eigenvalue weighted by atomic mass is 16.9. The maximum atomic E-state index is 13.8. The van der Waals surface area contributed by atoms with Gasteiger partial charge in [-0.1, -0.05) is 75.8 Å². The number of unbranched alkanes of at least 4 members (excludes halogenated alkanes) is 3. The van der Waals surface area contributed by atoms with Crippen molar-refractivity contribution in [3.8, 4) is 0 Å². The molecule has 3 aliphatic carbocycles. The Morgan fingerprint density at radius 2 is 1.85 bits per heavy atom. The molecule has 3 bridgehead atoms.